The quantitative estimate of drug-likeness (QED) is 0.671. The van der Waals surface area contributed by atoms with Crippen LogP contribution in [-0.4, -0.2) is 4.98 Å². The van der Waals surface area contributed by atoms with Crippen LogP contribution >= 0.6 is 15.9 Å². The summed E-state index contributed by atoms with van der Waals surface area (Å²) in [6.45, 7) is 0. The molecular formula is C16H8BrFN2O. The first-order chi connectivity index (χ1) is 10.2. The molecule has 0 spiro atoms. The van der Waals surface area contributed by atoms with E-state index in [9.17, 15) is 9.65 Å². The van der Waals surface area contributed by atoms with Gasteiger partial charge in [0.05, 0.1) is 15.6 Å². The Hall–Kier alpha value is -2.45. The van der Waals surface area contributed by atoms with Crippen LogP contribution in [0, 0.1) is 17.1 Å². The standard InChI is InChI=1S/C16H8BrFN2O/c17-13-6-5-11(8-14(13)18)21-16-7-10(9-19)12-3-1-2-4-15(12)20-16/h1-8H. The maximum Gasteiger partial charge on any atom is 0.221 e. The number of hydrogen-bond acceptors (Lipinski definition) is 3. The average Bonchev–Trinajstić information content (AvgIpc) is 2.50. The molecule has 0 aliphatic heterocycles. The van der Waals surface area contributed by atoms with Gasteiger partial charge in [-0.2, -0.15) is 5.26 Å². The van der Waals surface area contributed by atoms with Crippen molar-refractivity contribution in [2.75, 3.05) is 0 Å². The molecule has 1 aromatic heterocycles. The number of aromatic nitrogens is 1. The molecule has 0 amide bonds. The number of halogens is 2. The minimum atomic E-state index is -0.422. The summed E-state index contributed by atoms with van der Waals surface area (Å²) in [6, 6.07) is 15.4. The molecule has 3 rings (SSSR count). The van der Waals surface area contributed by atoms with E-state index in [4.69, 9.17) is 4.74 Å². The minimum absolute atomic E-state index is 0.256. The molecule has 0 aliphatic rings. The van der Waals surface area contributed by atoms with E-state index in [1.807, 2.05) is 18.2 Å². The summed E-state index contributed by atoms with van der Waals surface area (Å²) >= 11 is 3.08. The Labute approximate surface area is 128 Å². The molecule has 0 saturated carbocycles. The van der Waals surface area contributed by atoms with Crippen molar-refractivity contribution in [3.05, 3.63) is 64.4 Å². The number of hydrogen-bond donors (Lipinski definition) is 0. The zero-order valence-corrected chi connectivity index (χ0v) is 12.3. The fourth-order valence-electron chi connectivity index (χ4n) is 1.96. The number of fused-ring (bicyclic) bond motifs is 1. The van der Waals surface area contributed by atoms with Crippen LogP contribution in [0.25, 0.3) is 10.9 Å². The Morgan fingerprint density at radius 1 is 1.14 bits per heavy atom. The number of nitrogens with zero attached hydrogens (tertiary/aromatic N) is 2. The first-order valence-corrected chi connectivity index (χ1v) is 6.89. The van der Waals surface area contributed by atoms with Crippen LogP contribution in [-0.2, 0) is 0 Å². The van der Waals surface area contributed by atoms with Crippen molar-refractivity contribution in [1.29, 1.82) is 5.26 Å². The molecule has 2 aromatic carbocycles. The smallest absolute Gasteiger partial charge is 0.221 e. The molecule has 1 heterocycles. The predicted molar refractivity (Wildman–Crippen MR) is 80.6 cm³/mol. The van der Waals surface area contributed by atoms with Crippen molar-refractivity contribution in [3.8, 4) is 17.7 Å². The Morgan fingerprint density at radius 3 is 2.71 bits per heavy atom. The van der Waals surface area contributed by atoms with Crippen molar-refractivity contribution in [2.45, 2.75) is 0 Å². The lowest BCUT2D eigenvalue weighted by molar-refractivity contribution is 0.459. The molecule has 0 radical (unpaired) electrons. The molecule has 0 bridgehead atoms. The van der Waals surface area contributed by atoms with Gasteiger partial charge in [-0.3, -0.25) is 0 Å². The third kappa shape index (κ3) is 2.71. The topological polar surface area (TPSA) is 45.9 Å². The molecule has 0 saturated heterocycles. The highest BCUT2D eigenvalue weighted by molar-refractivity contribution is 9.10. The highest BCUT2D eigenvalue weighted by Gasteiger charge is 2.08. The van der Waals surface area contributed by atoms with Crippen LogP contribution in [0.5, 0.6) is 11.6 Å². The summed E-state index contributed by atoms with van der Waals surface area (Å²) < 4.78 is 19.4. The van der Waals surface area contributed by atoms with E-state index >= 15 is 0 Å². The highest BCUT2D eigenvalue weighted by atomic mass is 79.9. The Bertz CT molecular complexity index is 874. The number of ether oxygens (including phenoxy) is 1. The van der Waals surface area contributed by atoms with Crippen molar-refractivity contribution in [3.63, 3.8) is 0 Å². The maximum atomic E-state index is 13.5. The summed E-state index contributed by atoms with van der Waals surface area (Å²) in [6.07, 6.45) is 0. The predicted octanol–water partition coefficient (Wildman–Crippen LogP) is 4.80. The van der Waals surface area contributed by atoms with Gasteiger partial charge >= 0.3 is 0 Å². The van der Waals surface area contributed by atoms with Gasteiger partial charge in [-0.1, -0.05) is 18.2 Å². The van der Waals surface area contributed by atoms with E-state index in [2.05, 4.69) is 27.0 Å². The van der Waals surface area contributed by atoms with Crippen LogP contribution < -0.4 is 4.74 Å². The van der Waals surface area contributed by atoms with Gasteiger partial charge in [0.2, 0.25) is 5.88 Å². The largest absolute Gasteiger partial charge is 0.439 e. The molecule has 0 unspecified atom stereocenters. The molecular weight excluding hydrogens is 335 g/mol. The van der Waals surface area contributed by atoms with Gasteiger partial charge in [0.25, 0.3) is 0 Å². The summed E-state index contributed by atoms with van der Waals surface area (Å²) in [5.41, 5.74) is 1.12. The lowest BCUT2D eigenvalue weighted by atomic mass is 10.1. The molecule has 21 heavy (non-hydrogen) atoms. The van der Waals surface area contributed by atoms with Gasteiger partial charge in [0.1, 0.15) is 17.6 Å². The summed E-state index contributed by atoms with van der Waals surface area (Å²) in [4.78, 5) is 4.32. The van der Waals surface area contributed by atoms with E-state index in [1.165, 1.54) is 6.07 Å². The van der Waals surface area contributed by atoms with Gasteiger partial charge in [-0.15, -0.1) is 0 Å². The summed E-state index contributed by atoms with van der Waals surface area (Å²) in [7, 11) is 0. The second kappa shape index (κ2) is 5.51. The number of rotatable bonds is 2. The third-order valence-corrected chi connectivity index (χ3v) is 3.57. The SMILES string of the molecule is N#Cc1cc(Oc2ccc(Br)c(F)c2)nc2ccccc12. The molecule has 0 N–H and O–H groups in total. The third-order valence-electron chi connectivity index (χ3n) is 2.93. The monoisotopic (exact) mass is 342 g/mol. The van der Waals surface area contributed by atoms with Gasteiger partial charge in [0, 0.05) is 17.5 Å². The zero-order valence-electron chi connectivity index (χ0n) is 10.7. The van der Waals surface area contributed by atoms with Crippen molar-refractivity contribution < 1.29 is 9.13 Å². The van der Waals surface area contributed by atoms with Gasteiger partial charge in [-0.25, -0.2) is 9.37 Å². The Balaban J connectivity index is 2.04. The van der Waals surface area contributed by atoms with Crippen molar-refractivity contribution in [1.82, 2.24) is 4.98 Å². The normalized spacial score (nSPS) is 10.3. The molecule has 0 aliphatic carbocycles. The van der Waals surface area contributed by atoms with Crippen LogP contribution in [0.4, 0.5) is 4.39 Å². The first-order valence-electron chi connectivity index (χ1n) is 6.10. The molecule has 0 atom stereocenters. The Kier molecular flexibility index (Phi) is 3.55. The first kappa shape index (κ1) is 13.5. The minimum Gasteiger partial charge on any atom is -0.439 e. The number of nitriles is 1. The van der Waals surface area contributed by atoms with E-state index in [1.54, 1.807) is 24.3 Å². The van der Waals surface area contributed by atoms with Gasteiger partial charge < -0.3 is 4.74 Å². The average molecular weight is 343 g/mol. The number of pyridine rings is 1. The van der Waals surface area contributed by atoms with E-state index < -0.39 is 5.82 Å². The van der Waals surface area contributed by atoms with E-state index in [0.29, 0.717) is 21.3 Å². The van der Waals surface area contributed by atoms with Gasteiger partial charge in [0.15, 0.2) is 0 Å². The van der Waals surface area contributed by atoms with E-state index in [-0.39, 0.29) is 5.88 Å². The van der Waals surface area contributed by atoms with Crippen LogP contribution in [0.1, 0.15) is 5.56 Å². The molecule has 0 fully saturated rings. The lowest BCUT2D eigenvalue weighted by Gasteiger charge is -2.07. The Morgan fingerprint density at radius 2 is 1.95 bits per heavy atom. The molecule has 102 valence electrons. The van der Waals surface area contributed by atoms with Gasteiger partial charge in [-0.05, 0) is 34.1 Å². The van der Waals surface area contributed by atoms with Crippen molar-refractivity contribution >= 4 is 26.8 Å². The molecule has 5 heteroatoms. The van der Waals surface area contributed by atoms with Crippen LogP contribution in [0.2, 0.25) is 0 Å². The summed E-state index contributed by atoms with van der Waals surface area (Å²) in [5, 5.41) is 9.97. The molecule has 3 aromatic rings. The van der Waals surface area contributed by atoms with Crippen LogP contribution in [0.3, 0.4) is 0 Å². The number of para-hydroxylation sites is 1. The fraction of sp³-hybridized carbons (Fsp3) is 0. The van der Waals surface area contributed by atoms with Crippen molar-refractivity contribution in [2.24, 2.45) is 0 Å². The second-order valence-electron chi connectivity index (χ2n) is 4.31. The summed E-state index contributed by atoms with van der Waals surface area (Å²) in [5.74, 6) is 0.156. The highest BCUT2D eigenvalue weighted by Crippen LogP contribution is 2.27. The maximum absolute atomic E-state index is 13.5. The number of benzene rings is 2. The lowest BCUT2D eigenvalue weighted by Crippen LogP contribution is -1.92. The zero-order chi connectivity index (χ0) is 14.8. The fourth-order valence-corrected chi connectivity index (χ4v) is 2.20. The molecule has 3 nitrogen and oxygen atoms in total. The van der Waals surface area contributed by atoms with E-state index in [0.717, 1.165) is 5.39 Å². The second-order valence-corrected chi connectivity index (χ2v) is 5.17. The van der Waals surface area contributed by atoms with Crippen LogP contribution in [0.15, 0.2) is 53.0 Å².